The molecule has 0 saturated carbocycles. The molecule has 0 saturated heterocycles. The molecule has 0 atom stereocenters. The van der Waals surface area contributed by atoms with E-state index in [0.29, 0.717) is 62.5 Å². The van der Waals surface area contributed by atoms with E-state index in [9.17, 15) is 4.79 Å². The Hall–Kier alpha value is -2.21. The molecule has 168 valence electrons. The van der Waals surface area contributed by atoms with Crippen molar-refractivity contribution in [2.24, 2.45) is 0 Å². The van der Waals surface area contributed by atoms with Gasteiger partial charge < -0.3 is 9.47 Å². The minimum absolute atomic E-state index is 0.186. The quantitative estimate of drug-likeness (QED) is 0.333. The number of allylic oxidation sites excluding steroid dienone is 1. The van der Waals surface area contributed by atoms with Crippen LogP contribution in [-0.4, -0.2) is 17.4 Å². The van der Waals surface area contributed by atoms with Crippen molar-refractivity contribution in [2.75, 3.05) is 6.73 Å². The number of aryl methyl sites for hydroxylation is 1. The van der Waals surface area contributed by atoms with Crippen LogP contribution in [0.25, 0.3) is 6.08 Å². The second kappa shape index (κ2) is 8.86. The zero-order chi connectivity index (χ0) is 23.3. The molecule has 0 aromatic heterocycles. The highest BCUT2D eigenvalue weighted by Crippen LogP contribution is 2.44. The molecule has 33 heavy (non-hydrogen) atoms. The highest BCUT2D eigenvalue weighted by molar-refractivity contribution is 6.36. The van der Waals surface area contributed by atoms with Crippen molar-refractivity contribution in [3.8, 4) is 11.5 Å². The zero-order valence-corrected chi connectivity index (χ0v) is 20.4. The summed E-state index contributed by atoms with van der Waals surface area (Å²) in [5.41, 5.74) is 3.75. The standard InChI is InChI=1S/C25H17Cl4NO3/c1-13-6-21-18(11-30(12-32-21)10-15-3-5-17(27)9-20(15)29)25-23(13)24(31)22(33-25)7-14-2-4-16(26)8-19(14)28/h2-9H,10-12H2,1H3/b22-7-. The van der Waals surface area contributed by atoms with Crippen molar-refractivity contribution in [1.29, 1.82) is 0 Å². The van der Waals surface area contributed by atoms with Gasteiger partial charge in [0, 0.05) is 33.2 Å². The smallest absolute Gasteiger partial charge is 0.232 e. The van der Waals surface area contributed by atoms with Crippen LogP contribution in [0.3, 0.4) is 0 Å². The maximum atomic E-state index is 13.2. The first-order chi connectivity index (χ1) is 15.8. The maximum Gasteiger partial charge on any atom is 0.232 e. The van der Waals surface area contributed by atoms with Crippen LogP contribution in [0, 0.1) is 6.92 Å². The van der Waals surface area contributed by atoms with E-state index in [-0.39, 0.29) is 11.5 Å². The number of ketones is 1. The predicted molar refractivity (Wildman–Crippen MR) is 132 cm³/mol. The molecule has 8 heteroatoms. The number of halogens is 4. The fourth-order valence-electron chi connectivity index (χ4n) is 4.03. The van der Waals surface area contributed by atoms with E-state index in [4.69, 9.17) is 55.9 Å². The van der Waals surface area contributed by atoms with E-state index in [1.807, 2.05) is 25.1 Å². The van der Waals surface area contributed by atoms with E-state index in [1.165, 1.54) is 0 Å². The van der Waals surface area contributed by atoms with Crippen molar-refractivity contribution >= 4 is 58.3 Å². The molecular formula is C25H17Cl4NO3. The second-order valence-electron chi connectivity index (χ2n) is 7.98. The third-order valence-electron chi connectivity index (χ3n) is 5.65. The highest BCUT2D eigenvalue weighted by Gasteiger charge is 2.35. The van der Waals surface area contributed by atoms with Gasteiger partial charge in [0.15, 0.2) is 5.76 Å². The number of rotatable bonds is 3. The molecular weight excluding hydrogens is 504 g/mol. The van der Waals surface area contributed by atoms with Crippen LogP contribution in [0.2, 0.25) is 20.1 Å². The van der Waals surface area contributed by atoms with Gasteiger partial charge in [-0.2, -0.15) is 0 Å². The molecule has 2 aliphatic heterocycles. The van der Waals surface area contributed by atoms with Crippen molar-refractivity contribution in [3.05, 3.63) is 96.1 Å². The number of fused-ring (bicyclic) bond motifs is 3. The summed E-state index contributed by atoms with van der Waals surface area (Å²) in [7, 11) is 0. The molecule has 0 spiro atoms. The van der Waals surface area contributed by atoms with E-state index >= 15 is 0 Å². The third kappa shape index (κ3) is 4.34. The normalized spacial score (nSPS) is 16.4. The van der Waals surface area contributed by atoms with E-state index in [2.05, 4.69) is 4.90 Å². The van der Waals surface area contributed by atoms with Gasteiger partial charge in [-0.1, -0.05) is 58.5 Å². The molecule has 0 amide bonds. The lowest BCUT2D eigenvalue weighted by Gasteiger charge is -2.30. The Morgan fingerprint density at radius 1 is 1.00 bits per heavy atom. The van der Waals surface area contributed by atoms with Gasteiger partial charge in [-0.25, -0.2) is 0 Å². The summed E-state index contributed by atoms with van der Waals surface area (Å²) < 4.78 is 12.1. The lowest BCUT2D eigenvalue weighted by atomic mass is 9.98. The van der Waals surface area contributed by atoms with Gasteiger partial charge in [0.2, 0.25) is 5.78 Å². The monoisotopic (exact) mass is 519 g/mol. The Labute approximate surface area is 211 Å². The Kier molecular flexibility index (Phi) is 6.06. The minimum atomic E-state index is -0.186. The maximum absolute atomic E-state index is 13.2. The van der Waals surface area contributed by atoms with E-state index in [1.54, 1.807) is 30.3 Å². The SMILES string of the molecule is Cc1cc2c(c3c1C(=O)/C(=C/c1ccc(Cl)cc1Cl)O3)CN(Cc1ccc(Cl)cc1Cl)CO2. The van der Waals surface area contributed by atoms with E-state index < -0.39 is 0 Å². The summed E-state index contributed by atoms with van der Waals surface area (Å²) in [4.78, 5) is 15.3. The lowest BCUT2D eigenvalue weighted by Crippen LogP contribution is -2.32. The fraction of sp³-hybridized carbons (Fsp3) is 0.160. The topological polar surface area (TPSA) is 38.8 Å². The zero-order valence-electron chi connectivity index (χ0n) is 17.4. The predicted octanol–water partition coefficient (Wildman–Crippen LogP) is 7.58. The van der Waals surface area contributed by atoms with Crippen LogP contribution in [0.5, 0.6) is 11.5 Å². The molecule has 5 rings (SSSR count). The van der Waals surface area contributed by atoms with Crippen molar-refractivity contribution in [2.45, 2.75) is 20.0 Å². The van der Waals surface area contributed by atoms with Crippen LogP contribution in [0.1, 0.15) is 32.6 Å². The van der Waals surface area contributed by atoms with Crippen molar-refractivity contribution < 1.29 is 14.3 Å². The largest absolute Gasteiger partial charge is 0.478 e. The highest BCUT2D eigenvalue weighted by atomic mass is 35.5. The van der Waals surface area contributed by atoms with Crippen molar-refractivity contribution in [3.63, 3.8) is 0 Å². The Bertz CT molecular complexity index is 1340. The summed E-state index contributed by atoms with van der Waals surface area (Å²) in [5, 5.41) is 2.14. The molecule has 3 aromatic rings. The van der Waals surface area contributed by atoms with Gasteiger partial charge in [0.25, 0.3) is 0 Å². The van der Waals surface area contributed by atoms with Crippen LogP contribution >= 0.6 is 46.4 Å². The van der Waals surface area contributed by atoms with Gasteiger partial charge in [0.05, 0.1) is 11.1 Å². The molecule has 0 fully saturated rings. The number of benzene rings is 3. The average Bonchev–Trinajstić information content (AvgIpc) is 3.09. The number of hydrogen-bond donors (Lipinski definition) is 0. The number of hydrogen-bond acceptors (Lipinski definition) is 4. The molecule has 2 heterocycles. The minimum Gasteiger partial charge on any atom is -0.478 e. The molecule has 3 aromatic carbocycles. The number of carbonyl (C=O) groups excluding carboxylic acids is 1. The first-order valence-electron chi connectivity index (χ1n) is 10.1. The van der Waals surface area contributed by atoms with Crippen LogP contribution in [0.15, 0.2) is 48.2 Å². The number of ether oxygens (including phenoxy) is 2. The molecule has 0 aliphatic carbocycles. The molecule has 0 bridgehead atoms. The fourth-order valence-corrected chi connectivity index (χ4v) is 4.96. The number of carbonyl (C=O) groups is 1. The number of Topliss-reactive ketones (excluding diaryl/α,β-unsaturated/α-hetero) is 1. The van der Waals surface area contributed by atoms with Gasteiger partial charge in [0.1, 0.15) is 18.2 Å². The summed E-state index contributed by atoms with van der Waals surface area (Å²) in [6, 6.07) is 12.4. The Morgan fingerprint density at radius 3 is 2.45 bits per heavy atom. The first-order valence-corrected chi connectivity index (χ1v) is 11.7. The summed E-state index contributed by atoms with van der Waals surface area (Å²) in [6.45, 7) is 3.37. The van der Waals surface area contributed by atoms with Crippen molar-refractivity contribution in [1.82, 2.24) is 4.90 Å². The number of nitrogens with zero attached hydrogens (tertiary/aromatic N) is 1. The summed E-state index contributed by atoms with van der Waals surface area (Å²) >= 11 is 24.6. The van der Waals surface area contributed by atoms with Crippen LogP contribution in [-0.2, 0) is 13.1 Å². The van der Waals surface area contributed by atoms with Crippen LogP contribution in [0.4, 0.5) is 0 Å². The van der Waals surface area contributed by atoms with Gasteiger partial charge in [-0.05, 0) is 60.0 Å². The van der Waals surface area contributed by atoms with Crippen LogP contribution < -0.4 is 9.47 Å². The van der Waals surface area contributed by atoms with Gasteiger partial charge in [-0.3, -0.25) is 9.69 Å². The summed E-state index contributed by atoms with van der Waals surface area (Å²) in [5.74, 6) is 1.26. The first kappa shape index (κ1) is 22.6. The molecule has 2 aliphatic rings. The Balaban J connectivity index is 1.47. The van der Waals surface area contributed by atoms with E-state index in [0.717, 1.165) is 16.7 Å². The average molecular weight is 521 g/mol. The molecule has 0 N–H and O–H groups in total. The third-order valence-corrected chi connectivity index (χ3v) is 6.80. The lowest BCUT2D eigenvalue weighted by molar-refractivity contribution is 0.0872. The molecule has 0 unspecified atom stereocenters. The summed E-state index contributed by atoms with van der Waals surface area (Å²) in [6.07, 6.45) is 1.64. The van der Waals surface area contributed by atoms with Gasteiger partial charge in [-0.15, -0.1) is 0 Å². The van der Waals surface area contributed by atoms with Gasteiger partial charge >= 0.3 is 0 Å². The molecule has 0 radical (unpaired) electrons. The Morgan fingerprint density at radius 2 is 1.73 bits per heavy atom. The molecule has 4 nitrogen and oxygen atoms in total. The second-order valence-corrected chi connectivity index (χ2v) is 9.66.